The highest BCUT2D eigenvalue weighted by molar-refractivity contribution is 9.10. The molecule has 0 heterocycles. The second-order valence-electron chi connectivity index (χ2n) is 9.00. The number of halogens is 1. The van der Waals surface area contributed by atoms with Gasteiger partial charge in [-0.3, -0.25) is 13.9 Å². The molecule has 208 valence electrons. The first-order valence-electron chi connectivity index (χ1n) is 12.7. The molecule has 1 N–H and O–H groups in total. The first-order valence-corrected chi connectivity index (χ1v) is 14.9. The van der Waals surface area contributed by atoms with Crippen molar-refractivity contribution in [3.63, 3.8) is 0 Å². The van der Waals surface area contributed by atoms with Crippen LogP contribution >= 0.6 is 15.9 Å². The summed E-state index contributed by atoms with van der Waals surface area (Å²) in [5.41, 5.74) is 1.07. The Morgan fingerprint density at radius 3 is 2.38 bits per heavy atom. The quantitative estimate of drug-likeness (QED) is 0.273. The van der Waals surface area contributed by atoms with Crippen molar-refractivity contribution in [2.75, 3.05) is 24.5 Å². The van der Waals surface area contributed by atoms with Crippen LogP contribution in [0.4, 0.5) is 5.69 Å². The van der Waals surface area contributed by atoms with E-state index < -0.39 is 28.5 Å². The Bertz CT molecular complexity index is 1370. The van der Waals surface area contributed by atoms with Crippen LogP contribution in [0, 0.1) is 0 Å². The highest BCUT2D eigenvalue weighted by atomic mass is 79.9. The van der Waals surface area contributed by atoms with Crippen molar-refractivity contribution in [3.8, 4) is 5.75 Å². The summed E-state index contributed by atoms with van der Waals surface area (Å²) in [5.74, 6) is -0.211. The number of hydrogen-bond acceptors (Lipinski definition) is 5. The van der Waals surface area contributed by atoms with Gasteiger partial charge in [0.15, 0.2) is 0 Å². The molecule has 0 spiro atoms. The van der Waals surface area contributed by atoms with E-state index in [-0.39, 0.29) is 17.3 Å². The summed E-state index contributed by atoms with van der Waals surface area (Å²) >= 11 is 3.40. The molecular formula is C29H34BrN3O5S. The summed E-state index contributed by atoms with van der Waals surface area (Å²) < 4.78 is 34.6. The van der Waals surface area contributed by atoms with Crippen LogP contribution in [0.3, 0.4) is 0 Å². The van der Waals surface area contributed by atoms with Crippen LogP contribution in [0.15, 0.2) is 88.2 Å². The lowest BCUT2D eigenvalue weighted by molar-refractivity contribution is -0.139. The van der Waals surface area contributed by atoms with Crippen molar-refractivity contribution >= 4 is 43.5 Å². The smallest absolute Gasteiger partial charge is 0.264 e. The minimum absolute atomic E-state index is 0.0579. The van der Waals surface area contributed by atoms with E-state index in [9.17, 15) is 18.0 Å². The summed E-state index contributed by atoms with van der Waals surface area (Å²) in [7, 11) is -2.55. The molecule has 0 bridgehead atoms. The van der Waals surface area contributed by atoms with Crippen LogP contribution < -0.4 is 14.4 Å². The molecular weight excluding hydrogens is 582 g/mol. The number of rotatable bonds is 13. The maximum atomic E-state index is 13.9. The number of carbonyl (C=O) groups is 2. The Morgan fingerprint density at radius 2 is 1.72 bits per heavy atom. The van der Waals surface area contributed by atoms with Gasteiger partial charge in [0.05, 0.1) is 17.7 Å². The van der Waals surface area contributed by atoms with Gasteiger partial charge >= 0.3 is 0 Å². The number of methoxy groups -OCH3 is 1. The molecule has 8 nitrogen and oxygen atoms in total. The summed E-state index contributed by atoms with van der Waals surface area (Å²) in [6.45, 7) is 3.76. The summed E-state index contributed by atoms with van der Waals surface area (Å²) in [6, 6.07) is 21.1. The predicted molar refractivity (Wildman–Crippen MR) is 156 cm³/mol. The topological polar surface area (TPSA) is 96.0 Å². The number of unbranched alkanes of at least 4 members (excludes halogenated alkanes) is 1. The van der Waals surface area contributed by atoms with E-state index >= 15 is 0 Å². The molecule has 1 atom stereocenters. The van der Waals surface area contributed by atoms with Crippen LogP contribution in [-0.2, 0) is 26.2 Å². The fourth-order valence-electron chi connectivity index (χ4n) is 3.97. The van der Waals surface area contributed by atoms with Crippen molar-refractivity contribution in [2.45, 2.75) is 44.2 Å². The van der Waals surface area contributed by atoms with Crippen LogP contribution in [0.2, 0.25) is 0 Å². The molecule has 3 aromatic rings. The minimum Gasteiger partial charge on any atom is -0.497 e. The van der Waals surface area contributed by atoms with Gasteiger partial charge in [0.2, 0.25) is 11.8 Å². The third-order valence-corrected chi connectivity index (χ3v) is 8.47. The Morgan fingerprint density at radius 1 is 1.00 bits per heavy atom. The number of amides is 2. The highest BCUT2D eigenvalue weighted by Crippen LogP contribution is 2.27. The Kier molecular flexibility index (Phi) is 10.9. The zero-order valence-electron chi connectivity index (χ0n) is 22.3. The molecule has 2 amide bonds. The lowest BCUT2D eigenvalue weighted by Gasteiger charge is -2.32. The van der Waals surface area contributed by atoms with Gasteiger partial charge in [0.1, 0.15) is 18.3 Å². The van der Waals surface area contributed by atoms with E-state index in [1.165, 1.54) is 17.0 Å². The first kappa shape index (κ1) is 30.2. The second-order valence-corrected chi connectivity index (χ2v) is 11.8. The van der Waals surface area contributed by atoms with Crippen LogP contribution in [0.25, 0.3) is 0 Å². The van der Waals surface area contributed by atoms with Crippen molar-refractivity contribution in [3.05, 3.63) is 88.9 Å². The predicted octanol–water partition coefficient (Wildman–Crippen LogP) is 4.99. The van der Waals surface area contributed by atoms with Gasteiger partial charge in [0, 0.05) is 17.6 Å². The Labute approximate surface area is 239 Å². The molecule has 3 rings (SSSR count). The minimum atomic E-state index is -4.10. The highest BCUT2D eigenvalue weighted by Gasteiger charge is 2.32. The fourth-order valence-corrected chi connectivity index (χ4v) is 5.78. The van der Waals surface area contributed by atoms with E-state index in [2.05, 4.69) is 21.2 Å². The molecule has 3 aromatic carbocycles. The lowest BCUT2D eigenvalue weighted by Crippen LogP contribution is -2.51. The van der Waals surface area contributed by atoms with Gasteiger partial charge in [-0.1, -0.05) is 65.7 Å². The summed E-state index contributed by atoms with van der Waals surface area (Å²) in [5, 5.41) is 2.88. The fraction of sp³-hybridized carbons (Fsp3) is 0.310. The molecule has 0 saturated carbocycles. The number of sulfonamides is 1. The van der Waals surface area contributed by atoms with Gasteiger partial charge in [0.25, 0.3) is 10.0 Å². The van der Waals surface area contributed by atoms with Crippen LogP contribution in [0.5, 0.6) is 5.75 Å². The molecule has 0 aliphatic rings. The maximum Gasteiger partial charge on any atom is 0.264 e. The van der Waals surface area contributed by atoms with Gasteiger partial charge in [-0.15, -0.1) is 0 Å². The molecule has 0 aliphatic carbocycles. The monoisotopic (exact) mass is 615 g/mol. The average Bonchev–Trinajstić information content (AvgIpc) is 2.94. The number of ether oxygens (including phenoxy) is 1. The Hall–Kier alpha value is -3.37. The molecule has 0 fully saturated rings. The molecule has 10 heteroatoms. The number of nitrogens with one attached hydrogen (secondary N) is 1. The summed E-state index contributed by atoms with van der Waals surface area (Å²) in [6.07, 6.45) is 1.73. The second kappa shape index (κ2) is 14.1. The van der Waals surface area contributed by atoms with Crippen LogP contribution in [0.1, 0.15) is 32.3 Å². The van der Waals surface area contributed by atoms with Gasteiger partial charge in [-0.05, 0) is 61.4 Å². The number of anilines is 1. The largest absolute Gasteiger partial charge is 0.497 e. The SMILES string of the molecule is CCCCNC(=O)C(C)N(Cc1cccc(OC)c1)C(=O)CN(c1cccc(Br)c1)S(=O)(=O)c1ccccc1. The number of hydrogen-bond donors (Lipinski definition) is 1. The molecule has 0 aliphatic heterocycles. The van der Waals surface area contributed by atoms with E-state index in [0.29, 0.717) is 22.5 Å². The van der Waals surface area contributed by atoms with Crippen molar-refractivity contribution in [2.24, 2.45) is 0 Å². The van der Waals surface area contributed by atoms with E-state index in [0.717, 1.165) is 22.7 Å². The van der Waals surface area contributed by atoms with Crippen molar-refractivity contribution < 1.29 is 22.7 Å². The summed E-state index contributed by atoms with van der Waals surface area (Å²) in [4.78, 5) is 28.4. The first-order chi connectivity index (χ1) is 18.7. The zero-order valence-corrected chi connectivity index (χ0v) is 24.7. The number of benzene rings is 3. The lowest BCUT2D eigenvalue weighted by atomic mass is 10.1. The average molecular weight is 617 g/mol. The standard InChI is InChI=1S/C29H34BrN3O5S/c1-4-5-17-31-29(35)22(2)32(20-23-11-9-14-26(18-23)38-3)28(34)21-33(25-13-10-12-24(30)19-25)39(36,37)27-15-7-6-8-16-27/h6-16,18-19,22H,4-5,17,20-21H2,1-3H3,(H,31,35). The van der Waals surface area contributed by atoms with Gasteiger partial charge < -0.3 is 15.0 Å². The van der Waals surface area contributed by atoms with Crippen molar-refractivity contribution in [1.29, 1.82) is 0 Å². The molecule has 0 radical (unpaired) electrons. The normalized spacial score (nSPS) is 11.9. The molecule has 0 saturated heterocycles. The van der Waals surface area contributed by atoms with Crippen molar-refractivity contribution in [1.82, 2.24) is 10.2 Å². The third kappa shape index (κ3) is 8.06. The zero-order chi connectivity index (χ0) is 28.4. The van der Waals surface area contributed by atoms with Crippen LogP contribution in [-0.4, -0.2) is 51.4 Å². The third-order valence-electron chi connectivity index (χ3n) is 6.19. The number of nitrogens with zero attached hydrogens (tertiary/aromatic N) is 2. The maximum absolute atomic E-state index is 13.9. The molecule has 0 aromatic heterocycles. The molecule has 1 unspecified atom stereocenters. The van der Waals surface area contributed by atoms with Gasteiger partial charge in [-0.2, -0.15) is 0 Å². The molecule has 39 heavy (non-hydrogen) atoms. The Balaban J connectivity index is 2.00. The van der Waals surface area contributed by atoms with E-state index in [1.807, 2.05) is 13.0 Å². The van der Waals surface area contributed by atoms with E-state index in [4.69, 9.17) is 4.74 Å². The van der Waals surface area contributed by atoms with Gasteiger partial charge in [-0.25, -0.2) is 8.42 Å². The number of carbonyl (C=O) groups excluding carboxylic acids is 2. The van der Waals surface area contributed by atoms with E-state index in [1.54, 1.807) is 74.7 Å².